The molecule has 2 rings (SSSR count). The molecule has 132 valence electrons. The van der Waals surface area contributed by atoms with Crippen LogP contribution < -0.4 is 15.4 Å². The number of carbonyl (C=O) groups excluding carboxylic acids is 2. The molecule has 1 atom stereocenters. The lowest BCUT2D eigenvalue weighted by Crippen LogP contribution is -2.29. The van der Waals surface area contributed by atoms with Gasteiger partial charge in [0.2, 0.25) is 11.8 Å². The van der Waals surface area contributed by atoms with Gasteiger partial charge in [-0.3, -0.25) is 9.59 Å². The number of benzene rings is 2. The van der Waals surface area contributed by atoms with Crippen molar-refractivity contribution in [2.24, 2.45) is 0 Å². The molecule has 0 aromatic heterocycles. The fourth-order valence-electron chi connectivity index (χ4n) is 2.61. The molecule has 2 N–H and O–H groups in total. The molecule has 0 aliphatic carbocycles. The summed E-state index contributed by atoms with van der Waals surface area (Å²) in [5.74, 6) is 0.397. The number of anilines is 1. The Morgan fingerprint density at radius 3 is 2.36 bits per heavy atom. The minimum absolute atomic E-state index is 0.150. The van der Waals surface area contributed by atoms with Crippen LogP contribution in [0, 0.1) is 13.8 Å². The van der Waals surface area contributed by atoms with Crippen LogP contribution in [0.25, 0.3) is 0 Å². The average Bonchev–Trinajstić information content (AvgIpc) is 2.58. The zero-order valence-electron chi connectivity index (χ0n) is 15.1. The smallest absolute Gasteiger partial charge is 0.226 e. The van der Waals surface area contributed by atoms with Crippen LogP contribution in [0.1, 0.15) is 36.1 Å². The number of methoxy groups -OCH3 is 1. The van der Waals surface area contributed by atoms with Crippen molar-refractivity contribution in [3.63, 3.8) is 0 Å². The van der Waals surface area contributed by atoms with Gasteiger partial charge in [0.25, 0.3) is 0 Å². The summed E-state index contributed by atoms with van der Waals surface area (Å²) in [5.41, 5.74) is 3.80. The Bertz CT molecular complexity index is 754. The van der Waals surface area contributed by atoms with Crippen LogP contribution in [0.4, 0.5) is 5.69 Å². The molecular formula is C20H24N2O3. The summed E-state index contributed by atoms with van der Waals surface area (Å²) >= 11 is 0. The highest BCUT2D eigenvalue weighted by Crippen LogP contribution is 2.23. The van der Waals surface area contributed by atoms with Crippen molar-refractivity contribution in [3.8, 4) is 5.75 Å². The predicted octanol–water partition coefficient (Wildman–Crippen LogP) is 3.52. The maximum absolute atomic E-state index is 12.5. The molecule has 0 aliphatic heterocycles. The highest BCUT2D eigenvalue weighted by atomic mass is 16.5. The Morgan fingerprint density at radius 2 is 1.76 bits per heavy atom. The minimum atomic E-state index is -0.395. The van der Waals surface area contributed by atoms with E-state index in [9.17, 15) is 9.59 Å². The Morgan fingerprint density at radius 1 is 1.08 bits per heavy atom. The number of nitrogens with one attached hydrogen (secondary N) is 2. The lowest BCUT2D eigenvalue weighted by atomic mass is 10.0. The van der Waals surface area contributed by atoms with Crippen LogP contribution >= 0.6 is 0 Å². The van der Waals surface area contributed by atoms with Gasteiger partial charge in [-0.2, -0.15) is 0 Å². The Kier molecular flexibility index (Phi) is 6.17. The third-order valence-electron chi connectivity index (χ3n) is 4.16. The lowest BCUT2D eigenvalue weighted by molar-refractivity contribution is -0.120. The standard InChI is InChI=1S/C20H24N2O3/c1-13-6-5-7-18(14(13)2)22-20(24)12-19(21-15(3)23)16-8-10-17(25-4)11-9-16/h5-11,19H,12H2,1-4H3,(H,21,23)(H,22,24). The maximum Gasteiger partial charge on any atom is 0.226 e. The molecule has 0 heterocycles. The van der Waals surface area contributed by atoms with Crippen molar-refractivity contribution in [1.29, 1.82) is 0 Å². The second-order valence-corrected chi connectivity index (χ2v) is 6.03. The van der Waals surface area contributed by atoms with Gasteiger partial charge in [0.1, 0.15) is 5.75 Å². The van der Waals surface area contributed by atoms with Gasteiger partial charge in [-0.25, -0.2) is 0 Å². The first-order chi connectivity index (χ1) is 11.9. The monoisotopic (exact) mass is 340 g/mol. The first-order valence-corrected chi connectivity index (χ1v) is 8.18. The van der Waals surface area contributed by atoms with E-state index >= 15 is 0 Å². The number of rotatable bonds is 6. The molecule has 0 saturated carbocycles. The first kappa shape index (κ1) is 18.5. The quantitative estimate of drug-likeness (QED) is 0.845. The van der Waals surface area contributed by atoms with Crippen molar-refractivity contribution >= 4 is 17.5 Å². The van der Waals surface area contributed by atoms with E-state index in [-0.39, 0.29) is 18.2 Å². The summed E-state index contributed by atoms with van der Waals surface area (Å²) in [4.78, 5) is 24.0. The van der Waals surface area contributed by atoms with Gasteiger partial charge in [-0.05, 0) is 48.7 Å². The summed E-state index contributed by atoms with van der Waals surface area (Å²) in [6.45, 7) is 5.42. The van der Waals surface area contributed by atoms with Crippen molar-refractivity contribution in [3.05, 3.63) is 59.2 Å². The molecule has 1 unspecified atom stereocenters. The molecule has 2 aromatic rings. The van der Waals surface area contributed by atoms with E-state index in [1.807, 2.05) is 56.3 Å². The SMILES string of the molecule is COc1ccc(C(CC(=O)Nc2cccc(C)c2C)NC(C)=O)cc1. The van der Waals surface area contributed by atoms with Crippen LogP contribution in [0.15, 0.2) is 42.5 Å². The number of hydrogen-bond acceptors (Lipinski definition) is 3. The van der Waals surface area contributed by atoms with E-state index in [1.54, 1.807) is 7.11 Å². The summed E-state index contributed by atoms with van der Waals surface area (Å²) in [7, 11) is 1.60. The molecule has 0 radical (unpaired) electrons. The van der Waals surface area contributed by atoms with Crippen molar-refractivity contribution in [2.45, 2.75) is 33.2 Å². The molecule has 2 aromatic carbocycles. The summed E-state index contributed by atoms with van der Waals surface area (Å²) < 4.78 is 5.15. The van der Waals surface area contributed by atoms with Gasteiger partial charge < -0.3 is 15.4 Å². The van der Waals surface area contributed by atoms with Crippen LogP contribution in [0.5, 0.6) is 5.75 Å². The van der Waals surface area contributed by atoms with Crippen LogP contribution in [0.3, 0.4) is 0 Å². The van der Waals surface area contributed by atoms with Crippen LogP contribution in [-0.4, -0.2) is 18.9 Å². The van der Waals surface area contributed by atoms with E-state index in [0.29, 0.717) is 0 Å². The zero-order chi connectivity index (χ0) is 18.4. The number of ether oxygens (including phenoxy) is 1. The summed E-state index contributed by atoms with van der Waals surface area (Å²) in [6.07, 6.45) is 0.152. The van der Waals surface area contributed by atoms with Crippen LogP contribution in [0.2, 0.25) is 0 Å². The van der Waals surface area contributed by atoms with Crippen molar-refractivity contribution in [2.75, 3.05) is 12.4 Å². The largest absolute Gasteiger partial charge is 0.497 e. The van der Waals surface area contributed by atoms with E-state index < -0.39 is 6.04 Å². The van der Waals surface area contributed by atoms with E-state index in [0.717, 1.165) is 28.1 Å². The molecule has 5 nitrogen and oxygen atoms in total. The van der Waals surface area contributed by atoms with Gasteiger partial charge in [-0.15, -0.1) is 0 Å². The van der Waals surface area contributed by atoms with Crippen molar-refractivity contribution in [1.82, 2.24) is 5.32 Å². The fourth-order valence-corrected chi connectivity index (χ4v) is 2.61. The van der Waals surface area contributed by atoms with Crippen molar-refractivity contribution < 1.29 is 14.3 Å². The second kappa shape index (κ2) is 8.33. The Hall–Kier alpha value is -2.82. The van der Waals surface area contributed by atoms with E-state index in [4.69, 9.17) is 4.74 Å². The van der Waals surface area contributed by atoms with Crippen LogP contribution in [-0.2, 0) is 9.59 Å². The van der Waals surface area contributed by atoms with Gasteiger partial charge in [0, 0.05) is 12.6 Å². The highest BCUT2D eigenvalue weighted by Gasteiger charge is 2.18. The van der Waals surface area contributed by atoms with E-state index in [2.05, 4.69) is 10.6 Å². The fraction of sp³-hybridized carbons (Fsp3) is 0.300. The topological polar surface area (TPSA) is 67.4 Å². The third-order valence-corrected chi connectivity index (χ3v) is 4.16. The van der Waals surface area contributed by atoms with E-state index in [1.165, 1.54) is 6.92 Å². The van der Waals surface area contributed by atoms with Gasteiger partial charge in [0.05, 0.1) is 19.6 Å². The molecule has 0 saturated heterocycles. The molecule has 5 heteroatoms. The molecule has 0 spiro atoms. The maximum atomic E-state index is 12.5. The normalized spacial score (nSPS) is 11.5. The van der Waals surface area contributed by atoms with Gasteiger partial charge in [0.15, 0.2) is 0 Å². The summed E-state index contributed by atoms with van der Waals surface area (Å²) in [5, 5.41) is 5.77. The highest BCUT2D eigenvalue weighted by molar-refractivity contribution is 5.92. The lowest BCUT2D eigenvalue weighted by Gasteiger charge is -2.19. The molecule has 0 fully saturated rings. The third kappa shape index (κ3) is 5.08. The average molecular weight is 340 g/mol. The zero-order valence-corrected chi connectivity index (χ0v) is 15.1. The van der Waals surface area contributed by atoms with Gasteiger partial charge in [-0.1, -0.05) is 24.3 Å². The number of aryl methyl sites for hydroxylation is 1. The molecule has 0 aliphatic rings. The second-order valence-electron chi connectivity index (χ2n) is 6.03. The Balaban J connectivity index is 2.13. The predicted molar refractivity (Wildman–Crippen MR) is 98.7 cm³/mol. The molecule has 0 bridgehead atoms. The summed E-state index contributed by atoms with van der Waals surface area (Å²) in [6, 6.07) is 12.7. The molecule has 25 heavy (non-hydrogen) atoms. The number of hydrogen-bond donors (Lipinski definition) is 2. The van der Waals surface area contributed by atoms with Gasteiger partial charge >= 0.3 is 0 Å². The number of amides is 2. The molecule has 2 amide bonds. The first-order valence-electron chi connectivity index (χ1n) is 8.18. The molecular weight excluding hydrogens is 316 g/mol. The number of carbonyl (C=O) groups is 2. The minimum Gasteiger partial charge on any atom is -0.497 e. The Labute approximate surface area is 148 Å².